The maximum Gasteiger partial charge on any atom is 0.171 e. The number of hydrogen-bond acceptors (Lipinski definition) is 2. The topological polar surface area (TPSA) is 37.7 Å². The first-order valence-electron chi connectivity index (χ1n) is 9.36. The van der Waals surface area contributed by atoms with Gasteiger partial charge in [-0.3, -0.25) is 0 Å². The number of hydrogen-bond donors (Lipinski definition) is 3. The van der Waals surface area contributed by atoms with E-state index in [0.717, 1.165) is 12.3 Å². The Labute approximate surface area is 165 Å². The van der Waals surface area contributed by atoms with Crippen LogP contribution in [0.15, 0.2) is 42.5 Å². The molecule has 0 aliphatic carbocycles. The molecule has 4 nitrogen and oxygen atoms in total. The number of methoxy groups -OCH3 is 1. The highest BCUT2D eigenvalue weighted by molar-refractivity contribution is 7.80. The summed E-state index contributed by atoms with van der Waals surface area (Å²) in [5.74, 6) is 0.626. The Hall–Kier alpha value is -2.18. The van der Waals surface area contributed by atoms with E-state index >= 15 is 0 Å². The van der Waals surface area contributed by atoms with Crippen LogP contribution in [0, 0.1) is 12.7 Å². The van der Waals surface area contributed by atoms with Gasteiger partial charge in [-0.15, -0.1) is 0 Å². The molecule has 0 unspecified atom stereocenters. The second-order valence-electron chi connectivity index (χ2n) is 6.99. The van der Waals surface area contributed by atoms with Gasteiger partial charge in [0.1, 0.15) is 17.6 Å². The van der Waals surface area contributed by atoms with Crippen molar-refractivity contribution in [3.05, 3.63) is 59.4 Å². The summed E-state index contributed by atoms with van der Waals surface area (Å²) in [5, 5.41) is 6.90. The zero-order valence-electron chi connectivity index (χ0n) is 15.8. The van der Waals surface area contributed by atoms with Crippen LogP contribution < -0.4 is 20.3 Å². The van der Waals surface area contributed by atoms with Gasteiger partial charge >= 0.3 is 0 Å². The summed E-state index contributed by atoms with van der Waals surface area (Å²) in [7, 11) is 1.68. The fourth-order valence-electron chi connectivity index (χ4n) is 3.55. The zero-order valence-corrected chi connectivity index (χ0v) is 16.7. The van der Waals surface area contributed by atoms with Gasteiger partial charge in [-0.1, -0.05) is 6.07 Å². The number of rotatable bonds is 6. The molecule has 0 aromatic heterocycles. The van der Waals surface area contributed by atoms with Crippen LogP contribution in [0.4, 0.5) is 10.1 Å². The Kier molecular flexibility index (Phi) is 6.63. The monoisotopic (exact) mass is 388 g/mol. The number of ether oxygens (including phenoxy) is 1. The summed E-state index contributed by atoms with van der Waals surface area (Å²) >= 11 is 5.42. The molecule has 2 aromatic rings. The number of nitrogens with one attached hydrogen (secondary N) is 3. The molecule has 1 saturated heterocycles. The van der Waals surface area contributed by atoms with Crippen LogP contribution in [-0.4, -0.2) is 31.9 Å². The van der Waals surface area contributed by atoms with Gasteiger partial charge in [-0.25, -0.2) is 4.39 Å². The van der Waals surface area contributed by atoms with Gasteiger partial charge in [-0.2, -0.15) is 0 Å². The second kappa shape index (κ2) is 9.15. The zero-order chi connectivity index (χ0) is 19.2. The van der Waals surface area contributed by atoms with Crippen molar-refractivity contribution in [3.8, 4) is 5.75 Å². The van der Waals surface area contributed by atoms with Crippen LogP contribution in [0.3, 0.4) is 0 Å². The van der Waals surface area contributed by atoms with Crippen LogP contribution >= 0.6 is 12.2 Å². The van der Waals surface area contributed by atoms with E-state index in [0.29, 0.717) is 22.4 Å². The summed E-state index contributed by atoms with van der Waals surface area (Å²) in [5.41, 5.74) is 2.55. The highest BCUT2D eigenvalue weighted by Gasteiger charge is 2.27. The molecule has 1 heterocycles. The van der Waals surface area contributed by atoms with Crippen molar-refractivity contribution in [2.24, 2.45) is 0 Å². The van der Waals surface area contributed by atoms with E-state index in [1.54, 1.807) is 25.0 Å². The largest absolute Gasteiger partial charge is 0.497 e. The molecule has 1 aliphatic heterocycles. The molecule has 27 heavy (non-hydrogen) atoms. The minimum absolute atomic E-state index is 0.236. The van der Waals surface area contributed by atoms with Crippen molar-refractivity contribution in [1.82, 2.24) is 5.32 Å². The quantitative estimate of drug-likeness (QED) is 0.666. The summed E-state index contributed by atoms with van der Waals surface area (Å²) in [6, 6.07) is 13.6. The van der Waals surface area contributed by atoms with Gasteiger partial charge in [0.2, 0.25) is 0 Å². The smallest absolute Gasteiger partial charge is 0.171 e. The third kappa shape index (κ3) is 5.17. The molecule has 144 valence electrons. The average Bonchev–Trinajstić information content (AvgIpc) is 3.20. The number of benzene rings is 2. The van der Waals surface area contributed by atoms with Gasteiger partial charge in [0.05, 0.1) is 26.7 Å². The van der Waals surface area contributed by atoms with E-state index in [1.807, 2.05) is 18.2 Å². The number of thiocarbonyl (C=S) groups is 1. The number of aryl methyl sites for hydroxylation is 1. The van der Waals surface area contributed by atoms with E-state index in [1.165, 1.54) is 37.6 Å². The van der Waals surface area contributed by atoms with Crippen LogP contribution in [0.5, 0.6) is 5.75 Å². The van der Waals surface area contributed by atoms with Gasteiger partial charge in [0.15, 0.2) is 5.11 Å². The minimum atomic E-state index is -0.236. The summed E-state index contributed by atoms with van der Waals surface area (Å²) < 4.78 is 19.0. The van der Waals surface area contributed by atoms with E-state index in [-0.39, 0.29) is 5.82 Å². The predicted molar refractivity (Wildman–Crippen MR) is 111 cm³/mol. The number of anilines is 1. The first-order valence-corrected chi connectivity index (χ1v) is 9.77. The van der Waals surface area contributed by atoms with Gasteiger partial charge in [0.25, 0.3) is 0 Å². The van der Waals surface area contributed by atoms with E-state index in [2.05, 4.69) is 22.8 Å². The lowest BCUT2D eigenvalue weighted by Crippen LogP contribution is -3.11. The Morgan fingerprint density at radius 2 is 1.89 bits per heavy atom. The van der Waals surface area contributed by atoms with Crippen LogP contribution in [0.1, 0.15) is 30.0 Å². The first-order chi connectivity index (χ1) is 13.1. The lowest BCUT2D eigenvalue weighted by Gasteiger charge is -2.26. The standard InChI is InChI=1S/C21H26FN3OS/c1-15-5-8-17(13-19(15)22)24-21(27)23-14-20(25-11-3-4-12-25)16-6-9-18(26-2)10-7-16/h5-10,13,20H,3-4,11-12,14H2,1-2H3,(H2,23,24,27)/p+1/t20-/m1/s1. The summed E-state index contributed by atoms with van der Waals surface area (Å²) in [6.45, 7) is 4.80. The van der Waals surface area contributed by atoms with E-state index in [4.69, 9.17) is 17.0 Å². The number of quaternary nitrogens is 1. The molecular weight excluding hydrogens is 361 g/mol. The van der Waals surface area contributed by atoms with Crippen LogP contribution in [-0.2, 0) is 0 Å². The lowest BCUT2D eigenvalue weighted by atomic mass is 10.1. The van der Waals surface area contributed by atoms with Crippen molar-refractivity contribution in [2.75, 3.05) is 32.1 Å². The van der Waals surface area contributed by atoms with E-state index in [9.17, 15) is 4.39 Å². The van der Waals surface area contributed by atoms with Gasteiger partial charge in [-0.05, 0) is 61.1 Å². The second-order valence-corrected chi connectivity index (χ2v) is 7.40. The minimum Gasteiger partial charge on any atom is -0.497 e. The lowest BCUT2D eigenvalue weighted by molar-refractivity contribution is -0.918. The average molecular weight is 389 g/mol. The normalized spacial score (nSPS) is 15.4. The molecule has 3 N–H and O–H groups in total. The number of halogens is 1. The Morgan fingerprint density at radius 1 is 1.19 bits per heavy atom. The molecule has 0 amide bonds. The van der Waals surface area contributed by atoms with Crippen molar-refractivity contribution in [3.63, 3.8) is 0 Å². The maximum atomic E-state index is 13.7. The fraction of sp³-hybridized carbons (Fsp3) is 0.381. The molecular formula is C21H27FN3OS+. The third-order valence-corrected chi connectivity index (χ3v) is 5.40. The SMILES string of the molecule is COc1ccc([C@@H](CNC(=S)Nc2ccc(C)c(F)c2)[NH+]2CCCC2)cc1. The Morgan fingerprint density at radius 3 is 2.52 bits per heavy atom. The first kappa shape index (κ1) is 19.6. The van der Waals surface area contributed by atoms with E-state index < -0.39 is 0 Å². The molecule has 0 saturated carbocycles. The molecule has 2 aromatic carbocycles. The Balaban J connectivity index is 1.64. The highest BCUT2D eigenvalue weighted by Crippen LogP contribution is 2.17. The van der Waals surface area contributed by atoms with Crippen molar-refractivity contribution < 1.29 is 14.0 Å². The van der Waals surface area contributed by atoms with Crippen LogP contribution in [0.25, 0.3) is 0 Å². The predicted octanol–water partition coefficient (Wildman–Crippen LogP) is 2.85. The maximum absolute atomic E-state index is 13.7. The fourth-order valence-corrected chi connectivity index (χ4v) is 3.75. The summed E-state index contributed by atoms with van der Waals surface area (Å²) in [4.78, 5) is 1.57. The highest BCUT2D eigenvalue weighted by atomic mass is 32.1. The molecule has 3 rings (SSSR count). The number of likely N-dealkylation sites (tertiary alicyclic amines) is 1. The molecule has 0 radical (unpaired) electrons. The van der Waals surface area contributed by atoms with Crippen molar-refractivity contribution >= 4 is 23.0 Å². The van der Waals surface area contributed by atoms with Crippen molar-refractivity contribution in [1.29, 1.82) is 0 Å². The molecule has 1 atom stereocenters. The molecule has 0 spiro atoms. The molecule has 1 aliphatic rings. The van der Waals surface area contributed by atoms with Gasteiger partial charge < -0.3 is 20.3 Å². The van der Waals surface area contributed by atoms with Crippen LogP contribution in [0.2, 0.25) is 0 Å². The van der Waals surface area contributed by atoms with Crippen molar-refractivity contribution in [2.45, 2.75) is 25.8 Å². The van der Waals surface area contributed by atoms with Gasteiger partial charge in [0, 0.05) is 24.1 Å². The third-order valence-electron chi connectivity index (χ3n) is 5.15. The summed E-state index contributed by atoms with van der Waals surface area (Å²) in [6.07, 6.45) is 2.51. The Bertz CT molecular complexity index is 775. The molecule has 0 bridgehead atoms. The molecule has 6 heteroatoms. The molecule has 1 fully saturated rings.